The summed E-state index contributed by atoms with van der Waals surface area (Å²) in [5.41, 5.74) is 1.43. The van der Waals surface area contributed by atoms with Gasteiger partial charge in [-0.15, -0.1) is 5.10 Å². The molecule has 0 bridgehead atoms. The lowest BCUT2D eigenvalue weighted by Crippen LogP contribution is -2.38. The average molecular weight is 593 g/mol. The minimum absolute atomic E-state index is 0.00111. The maximum absolute atomic E-state index is 13.6. The van der Waals surface area contributed by atoms with Crippen molar-refractivity contribution in [3.05, 3.63) is 110 Å². The lowest BCUT2D eigenvalue weighted by molar-refractivity contribution is -0.138. The average Bonchev–Trinajstić information content (AvgIpc) is 3.37. The van der Waals surface area contributed by atoms with Gasteiger partial charge in [-0.1, -0.05) is 24.3 Å². The van der Waals surface area contributed by atoms with Gasteiger partial charge in [0.25, 0.3) is 0 Å². The maximum atomic E-state index is 13.6. The molecule has 2 heterocycles. The molecule has 0 radical (unpaired) electrons. The van der Waals surface area contributed by atoms with Gasteiger partial charge in [0.1, 0.15) is 6.04 Å². The molecule has 0 amide bonds. The van der Waals surface area contributed by atoms with E-state index in [1.807, 2.05) is 32.1 Å². The van der Waals surface area contributed by atoms with Gasteiger partial charge >= 0.3 is 17.8 Å². The van der Waals surface area contributed by atoms with Crippen LogP contribution >= 0.6 is 0 Å². The molecule has 9 nitrogen and oxygen atoms in total. The molecule has 12 heteroatoms. The largest absolute Gasteiger partial charge is 0.466 e. The zero-order chi connectivity index (χ0) is 31.3. The van der Waals surface area contributed by atoms with E-state index in [0.29, 0.717) is 30.5 Å². The van der Waals surface area contributed by atoms with Crippen molar-refractivity contribution in [2.75, 3.05) is 18.6 Å². The van der Waals surface area contributed by atoms with E-state index in [4.69, 9.17) is 4.74 Å². The van der Waals surface area contributed by atoms with Gasteiger partial charge in [-0.05, 0) is 81.1 Å². The van der Waals surface area contributed by atoms with Gasteiger partial charge in [0.2, 0.25) is 5.95 Å². The second-order valence-electron chi connectivity index (χ2n) is 9.91. The number of carbonyl (C=O) groups excluding carboxylic acids is 1. The number of methoxy groups -OCH3 is 1. The number of aryl methyl sites for hydroxylation is 1. The van der Waals surface area contributed by atoms with Crippen molar-refractivity contribution in [3.63, 3.8) is 0 Å². The van der Waals surface area contributed by atoms with Crippen LogP contribution in [-0.4, -0.2) is 34.4 Å². The monoisotopic (exact) mass is 592 g/mol. The number of nitrogens with one attached hydrogen (secondary N) is 2. The Balaban J connectivity index is 1.85. The lowest BCUT2D eigenvalue weighted by Gasteiger charge is -2.36. The topological polar surface area (TPSA) is 116 Å². The third-order valence-electron chi connectivity index (χ3n) is 7.11. The number of nitriles is 1. The molecule has 0 fully saturated rings. The highest BCUT2D eigenvalue weighted by Crippen LogP contribution is 2.43. The van der Waals surface area contributed by atoms with Crippen molar-refractivity contribution in [1.82, 2.24) is 20.1 Å². The van der Waals surface area contributed by atoms with Crippen LogP contribution in [0.25, 0.3) is 0 Å². The first-order chi connectivity index (χ1) is 20.5. The lowest BCUT2D eigenvalue weighted by atomic mass is 9.88. The van der Waals surface area contributed by atoms with Crippen molar-refractivity contribution in [2.45, 2.75) is 45.8 Å². The summed E-state index contributed by atoms with van der Waals surface area (Å²) in [5.74, 6) is -0.763. The van der Waals surface area contributed by atoms with E-state index >= 15 is 0 Å². The van der Waals surface area contributed by atoms with Gasteiger partial charge in [-0.2, -0.15) is 18.4 Å². The molecule has 43 heavy (non-hydrogen) atoms. The number of fused-ring (bicyclic) bond motifs is 1. The number of allylic oxidation sites excluding steroid dienone is 5. The predicted octanol–water partition coefficient (Wildman–Crippen LogP) is 5.65. The minimum Gasteiger partial charge on any atom is -0.466 e. The van der Waals surface area contributed by atoms with Crippen molar-refractivity contribution < 1.29 is 22.7 Å². The van der Waals surface area contributed by atoms with Crippen molar-refractivity contribution >= 4 is 17.6 Å². The van der Waals surface area contributed by atoms with Crippen molar-refractivity contribution in [3.8, 4) is 6.07 Å². The molecule has 3 aromatic rings. The summed E-state index contributed by atoms with van der Waals surface area (Å²) in [4.78, 5) is 27.9. The number of alkyl halides is 3. The summed E-state index contributed by atoms with van der Waals surface area (Å²) in [6.07, 6.45) is 2.33. The van der Waals surface area contributed by atoms with Crippen molar-refractivity contribution in [1.29, 1.82) is 5.26 Å². The van der Waals surface area contributed by atoms with E-state index in [-0.39, 0.29) is 22.9 Å². The quantitative estimate of drug-likeness (QED) is 0.187. The number of anilines is 2. The van der Waals surface area contributed by atoms with Gasteiger partial charge in [-0.25, -0.2) is 19.3 Å². The Labute approximate surface area is 246 Å². The Kier molecular flexibility index (Phi) is 9.24. The number of aromatic nitrogens is 3. The molecule has 0 saturated carbocycles. The van der Waals surface area contributed by atoms with E-state index in [0.717, 1.165) is 23.4 Å². The van der Waals surface area contributed by atoms with Crippen LogP contribution in [-0.2, 0) is 22.1 Å². The summed E-state index contributed by atoms with van der Waals surface area (Å²) < 4.78 is 47.1. The number of benzene rings is 2. The highest BCUT2D eigenvalue weighted by atomic mass is 19.4. The summed E-state index contributed by atoms with van der Waals surface area (Å²) in [7, 11) is 1.19. The Hall–Kier alpha value is -5.05. The first-order valence-electron chi connectivity index (χ1n) is 13.5. The molecule has 2 N–H and O–H groups in total. The normalized spacial score (nSPS) is 15.4. The molecule has 1 atom stereocenters. The molecular formula is C31H31F3N6O3. The highest BCUT2D eigenvalue weighted by Gasteiger charge is 2.41. The first-order valence-corrected chi connectivity index (χ1v) is 13.5. The van der Waals surface area contributed by atoms with Crippen LogP contribution in [0.3, 0.4) is 0 Å². The van der Waals surface area contributed by atoms with Gasteiger partial charge in [-0.3, -0.25) is 4.90 Å². The Morgan fingerprint density at radius 2 is 2.02 bits per heavy atom. The molecule has 1 aliphatic heterocycles. The Bertz CT molecular complexity index is 1710. The number of halogens is 3. The van der Waals surface area contributed by atoms with Crippen LogP contribution in [0.15, 0.2) is 82.5 Å². The van der Waals surface area contributed by atoms with Crippen LogP contribution in [0.1, 0.15) is 55.5 Å². The molecule has 2 aromatic carbocycles. The van der Waals surface area contributed by atoms with Gasteiger partial charge < -0.3 is 10.1 Å². The number of hydrogen-bond donors (Lipinski definition) is 2. The molecule has 224 valence electrons. The van der Waals surface area contributed by atoms with E-state index < -0.39 is 29.4 Å². The van der Waals surface area contributed by atoms with Gasteiger partial charge in [0.15, 0.2) is 0 Å². The number of rotatable bonds is 9. The fourth-order valence-corrected chi connectivity index (χ4v) is 5.10. The number of H-pyrrole nitrogens is 1. The molecule has 0 saturated heterocycles. The Morgan fingerprint density at radius 1 is 1.26 bits per heavy atom. The van der Waals surface area contributed by atoms with E-state index in [9.17, 15) is 28.0 Å². The standard InChI is InChI=1S/C31H31F3N6O3/c1-5-6-9-19(2)36-15-8-10-22-16-21(18-35)13-14-25(22)27-26(28(41)43-4)20(3)39(29-37-38-30(42)40(27)29)24-12-7-11-23(17-24)31(32,33)34/h5-7,9,11-14,16-17,27,36H,8,10,15H2,1-4H3,(H,38,42)/b6-5-,19-9-/t27-/m1/s1. The summed E-state index contributed by atoms with van der Waals surface area (Å²) >= 11 is 0. The molecule has 1 aromatic heterocycles. The molecule has 0 unspecified atom stereocenters. The van der Waals surface area contributed by atoms with Crippen LogP contribution in [0.2, 0.25) is 0 Å². The third-order valence-corrected chi connectivity index (χ3v) is 7.11. The SMILES string of the molecule is C/C=C\C=C(\C)NCCCc1cc(C#N)ccc1[C@@H]1C(C(=O)OC)=C(C)N(c2cccc(C(F)(F)F)c2)c2n[nH]c(=O)n21. The number of hydrogen-bond acceptors (Lipinski definition) is 7. The molecule has 1 aliphatic rings. The number of esters is 1. The molecule has 0 aliphatic carbocycles. The van der Waals surface area contributed by atoms with Gasteiger partial charge in [0, 0.05) is 23.6 Å². The number of carbonyl (C=O) groups is 1. The number of ether oxygens (including phenoxy) is 1. The molecule has 0 spiro atoms. The molecular weight excluding hydrogens is 561 g/mol. The van der Waals surface area contributed by atoms with Crippen LogP contribution in [0.4, 0.5) is 24.8 Å². The number of aromatic amines is 1. The fraction of sp³-hybridized carbons (Fsp3) is 0.290. The smallest absolute Gasteiger partial charge is 0.416 e. The minimum atomic E-state index is -4.62. The summed E-state index contributed by atoms with van der Waals surface area (Å²) in [6.45, 7) is 6.06. The van der Waals surface area contributed by atoms with E-state index in [2.05, 4.69) is 21.6 Å². The van der Waals surface area contributed by atoms with Crippen LogP contribution < -0.4 is 15.9 Å². The zero-order valence-corrected chi connectivity index (χ0v) is 24.1. The molecule has 4 rings (SSSR count). The zero-order valence-electron chi connectivity index (χ0n) is 24.1. The third kappa shape index (κ3) is 6.40. The Morgan fingerprint density at radius 3 is 2.70 bits per heavy atom. The summed E-state index contributed by atoms with van der Waals surface area (Å²) in [5, 5.41) is 19.5. The highest BCUT2D eigenvalue weighted by molar-refractivity contribution is 5.93. The predicted molar refractivity (Wildman–Crippen MR) is 155 cm³/mol. The first kappa shape index (κ1) is 30.9. The van der Waals surface area contributed by atoms with Crippen molar-refractivity contribution in [2.24, 2.45) is 0 Å². The summed E-state index contributed by atoms with van der Waals surface area (Å²) in [6, 6.07) is 10.6. The van der Waals surface area contributed by atoms with Crippen LogP contribution in [0.5, 0.6) is 0 Å². The van der Waals surface area contributed by atoms with Crippen LogP contribution in [0, 0.1) is 11.3 Å². The maximum Gasteiger partial charge on any atom is 0.416 e. The second-order valence-corrected chi connectivity index (χ2v) is 9.91. The van der Waals surface area contributed by atoms with Gasteiger partial charge in [0.05, 0.1) is 29.9 Å². The second kappa shape index (κ2) is 12.9. The fourth-order valence-electron chi connectivity index (χ4n) is 5.10. The van der Waals surface area contributed by atoms with E-state index in [1.54, 1.807) is 25.1 Å². The van der Waals surface area contributed by atoms with E-state index in [1.165, 1.54) is 28.7 Å². The number of nitrogens with zero attached hydrogens (tertiary/aromatic N) is 4.